The lowest BCUT2D eigenvalue weighted by molar-refractivity contribution is 0.935. The van der Waals surface area contributed by atoms with Crippen LogP contribution in [0.25, 0.3) is 11.4 Å². The van der Waals surface area contributed by atoms with Crippen LogP contribution in [-0.2, 0) is 6.42 Å². The molecule has 0 fully saturated rings. The molecule has 0 spiro atoms. The monoisotopic (exact) mass is 283 g/mol. The van der Waals surface area contributed by atoms with E-state index in [0.29, 0.717) is 0 Å². The summed E-state index contributed by atoms with van der Waals surface area (Å²) in [5.41, 5.74) is 5.90. The first-order valence-electron chi connectivity index (χ1n) is 7.76. The highest BCUT2D eigenvalue weighted by Gasteiger charge is 2.14. The van der Waals surface area contributed by atoms with Gasteiger partial charge in [-0.05, 0) is 44.7 Å². The van der Waals surface area contributed by atoms with Crippen molar-refractivity contribution in [3.63, 3.8) is 0 Å². The molecule has 0 aliphatic rings. The molecule has 1 aromatic carbocycles. The zero-order valence-electron chi connectivity index (χ0n) is 13.7. The zero-order chi connectivity index (χ0) is 15.4. The van der Waals surface area contributed by atoms with Crippen LogP contribution in [0.15, 0.2) is 18.2 Å². The van der Waals surface area contributed by atoms with Crippen molar-refractivity contribution in [2.75, 3.05) is 11.9 Å². The Kier molecular flexibility index (Phi) is 4.94. The molecule has 112 valence electrons. The number of nitrogens with one attached hydrogen (secondary N) is 1. The second-order valence-corrected chi connectivity index (χ2v) is 5.51. The smallest absolute Gasteiger partial charge is 0.162 e. The van der Waals surface area contributed by atoms with Crippen molar-refractivity contribution < 1.29 is 0 Å². The SMILES string of the molecule is CCCNc1nc(-c2c(C)cccc2C)nc(CC)c1C. The average molecular weight is 283 g/mol. The van der Waals surface area contributed by atoms with Gasteiger partial charge in [0.2, 0.25) is 0 Å². The van der Waals surface area contributed by atoms with Crippen LogP contribution < -0.4 is 5.32 Å². The van der Waals surface area contributed by atoms with E-state index < -0.39 is 0 Å². The molecule has 0 saturated carbocycles. The second-order valence-electron chi connectivity index (χ2n) is 5.51. The Morgan fingerprint density at radius 2 is 1.67 bits per heavy atom. The number of aryl methyl sites for hydroxylation is 3. The maximum Gasteiger partial charge on any atom is 0.162 e. The van der Waals surface area contributed by atoms with Crippen LogP contribution in [0, 0.1) is 20.8 Å². The van der Waals surface area contributed by atoms with Crippen molar-refractivity contribution in [3.8, 4) is 11.4 Å². The maximum atomic E-state index is 4.80. The summed E-state index contributed by atoms with van der Waals surface area (Å²) in [4.78, 5) is 9.59. The molecule has 3 heteroatoms. The average Bonchev–Trinajstić information content (AvgIpc) is 2.47. The Morgan fingerprint density at radius 3 is 2.24 bits per heavy atom. The number of nitrogens with zero attached hydrogens (tertiary/aromatic N) is 2. The predicted molar refractivity (Wildman–Crippen MR) is 89.8 cm³/mol. The van der Waals surface area contributed by atoms with E-state index in [0.717, 1.165) is 42.3 Å². The summed E-state index contributed by atoms with van der Waals surface area (Å²) in [6, 6.07) is 6.33. The summed E-state index contributed by atoms with van der Waals surface area (Å²) in [5, 5.41) is 3.44. The molecule has 1 N–H and O–H groups in total. The van der Waals surface area contributed by atoms with Crippen molar-refractivity contribution in [1.29, 1.82) is 0 Å². The Balaban J connectivity index is 2.58. The molecule has 1 aromatic heterocycles. The topological polar surface area (TPSA) is 37.8 Å². The van der Waals surface area contributed by atoms with E-state index in [1.165, 1.54) is 16.7 Å². The Bertz CT molecular complexity index is 612. The number of rotatable bonds is 5. The van der Waals surface area contributed by atoms with Gasteiger partial charge in [0, 0.05) is 23.4 Å². The molecule has 0 radical (unpaired) electrons. The fourth-order valence-corrected chi connectivity index (χ4v) is 2.60. The third-order valence-corrected chi connectivity index (χ3v) is 3.83. The molecule has 2 aromatic rings. The first kappa shape index (κ1) is 15.5. The van der Waals surface area contributed by atoms with Crippen LogP contribution in [0.5, 0.6) is 0 Å². The minimum Gasteiger partial charge on any atom is -0.370 e. The van der Waals surface area contributed by atoms with Crippen molar-refractivity contribution >= 4 is 5.82 Å². The summed E-state index contributed by atoms with van der Waals surface area (Å²) >= 11 is 0. The lowest BCUT2D eigenvalue weighted by Crippen LogP contribution is -2.09. The summed E-state index contributed by atoms with van der Waals surface area (Å²) in [7, 11) is 0. The summed E-state index contributed by atoms with van der Waals surface area (Å²) in [6.07, 6.45) is 2.01. The van der Waals surface area contributed by atoms with E-state index in [-0.39, 0.29) is 0 Å². The van der Waals surface area contributed by atoms with Gasteiger partial charge < -0.3 is 5.32 Å². The van der Waals surface area contributed by atoms with E-state index in [1.807, 2.05) is 0 Å². The first-order chi connectivity index (χ1) is 10.1. The van der Waals surface area contributed by atoms with Crippen LogP contribution >= 0.6 is 0 Å². The Hall–Kier alpha value is -1.90. The van der Waals surface area contributed by atoms with E-state index in [2.05, 4.69) is 58.1 Å². The van der Waals surface area contributed by atoms with Gasteiger partial charge in [0.1, 0.15) is 5.82 Å². The lowest BCUT2D eigenvalue weighted by Gasteiger charge is -2.15. The van der Waals surface area contributed by atoms with Crippen molar-refractivity contribution in [3.05, 3.63) is 40.6 Å². The molecular formula is C18H25N3. The molecule has 0 amide bonds. The molecule has 0 aliphatic carbocycles. The first-order valence-corrected chi connectivity index (χ1v) is 7.76. The molecule has 21 heavy (non-hydrogen) atoms. The van der Waals surface area contributed by atoms with Gasteiger partial charge in [-0.15, -0.1) is 0 Å². The molecule has 0 saturated heterocycles. The minimum absolute atomic E-state index is 0.839. The number of benzene rings is 1. The molecule has 0 atom stereocenters. The van der Waals surface area contributed by atoms with Gasteiger partial charge in [0.15, 0.2) is 5.82 Å². The van der Waals surface area contributed by atoms with Gasteiger partial charge in [0.05, 0.1) is 0 Å². The van der Waals surface area contributed by atoms with E-state index in [9.17, 15) is 0 Å². The maximum absolute atomic E-state index is 4.80. The third kappa shape index (κ3) is 3.23. The summed E-state index contributed by atoms with van der Waals surface area (Å²) in [6.45, 7) is 11.6. The van der Waals surface area contributed by atoms with Crippen LogP contribution in [0.3, 0.4) is 0 Å². The molecule has 0 unspecified atom stereocenters. The van der Waals surface area contributed by atoms with Gasteiger partial charge in [-0.25, -0.2) is 9.97 Å². The highest BCUT2D eigenvalue weighted by molar-refractivity contribution is 5.66. The van der Waals surface area contributed by atoms with Gasteiger partial charge in [0.25, 0.3) is 0 Å². The van der Waals surface area contributed by atoms with Crippen molar-refractivity contribution in [2.45, 2.75) is 47.5 Å². The number of hydrogen-bond acceptors (Lipinski definition) is 3. The molecule has 3 nitrogen and oxygen atoms in total. The molecule has 1 heterocycles. The fourth-order valence-electron chi connectivity index (χ4n) is 2.60. The van der Waals surface area contributed by atoms with E-state index in [1.54, 1.807) is 0 Å². The number of anilines is 1. The highest BCUT2D eigenvalue weighted by Crippen LogP contribution is 2.27. The third-order valence-electron chi connectivity index (χ3n) is 3.83. The fraction of sp³-hybridized carbons (Fsp3) is 0.444. The van der Waals surface area contributed by atoms with E-state index in [4.69, 9.17) is 9.97 Å². The van der Waals surface area contributed by atoms with Gasteiger partial charge >= 0.3 is 0 Å². The summed E-state index contributed by atoms with van der Waals surface area (Å²) < 4.78 is 0. The highest BCUT2D eigenvalue weighted by atomic mass is 15.0. The standard InChI is InChI=1S/C18H25N3/c1-6-11-19-17-14(5)15(7-2)20-18(21-17)16-12(3)9-8-10-13(16)4/h8-10H,6-7,11H2,1-5H3,(H,19,20,21). The second kappa shape index (κ2) is 6.70. The van der Waals surface area contributed by atoms with Gasteiger partial charge in [-0.2, -0.15) is 0 Å². The predicted octanol–water partition coefficient (Wildman–Crippen LogP) is 4.45. The lowest BCUT2D eigenvalue weighted by atomic mass is 10.0. The minimum atomic E-state index is 0.839. The normalized spacial score (nSPS) is 10.7. The van der Waals surface area contributed by atoms with Gasteiger partial charge in [-0.3, -0.25) is 0 Å². The Morgan fingerprint density at radius 1 is 1.00 bits per heavy atom. The number of hydrogen-bond donors (Lipinski definition) is 1. The van der Waals surface area contributed by atoms with Crippen LogP contribution in [0.4, 0.5) is 5.82 Å². The van der Waals surface area contributed by atoms with Crippen molar-refractivity contribution in [1.82, 2.24) is 9.97 Å². The summed E-state index contributed by atoms with van der Waals surface area (Å²) in [5.74, 6) is 1.81. The largest absolute Gasteiger partial charge is 0.370 e. The van der Waals surface area contributed by atoms with Gasteiger partial charge in [-0.1, -0.05) is 32.0 Å². The Labute approximate surface area is 127 Å². The molecule has 0 bridgehead atoms. The van der Waals surface area contributed by atoms with Crippen LogP contribution in [0.2, 0.25) is 0 Å². The van der Waals surface area contributed by atoms with Crippen molar-refractivity contribution in [2.24, 2.45) is 0 Å². The zero-order valence-corrected chi connectivity index (χ0v) is 13.7. The quantitative estimate of drug-likeness (QED) is 0.880. The molecular weight excluding hydrogens is 258 g/mol. The van der Waals surface area contributed by atoms with Crippen LogP contribution in [0.1, 0.15) is 42.7 Å². The van der Waals surface area contributed by atoms with Crippen LogP contribution in [-0.4, -0.2) is 16.5 Å². The van der Waals surface area contributed by atoms with E-state index >= 15 is 0 Å². The molecule has 0 aliphatic heterocycles. The molecule has 2 rings (SSSR count). The number of aromatic nitrogens is 2.